The molecule has 0 N–H and O–H groups in total. The minimum absolute atomic E-state index is 0.476. The van der Waals surface area contributed by atoms with Gasteiger partial charge in [-0.1, -0.05) is 0 Å². The van der Waals surface area contributed by atoms with E-state index in [4.69, 9.17) is 7.80 Å². The Morgan fingerprint density at radius 2 is 2.08 bits per heavy atom. The van der Waals surface area contributed by atoms with E-state index in [1.807, 2.05) is 23.0 Å². The van der Waals surface area contributed by atoms with Crippen LogP contribution in [0.4, 0.5) is 0 Å². The van der Waals surface area contributed by atoms with Crippen LogP contribution in [0.3, 0.4) is 0 Å². The van der Waals surface area contributed by atoms with Crippen LogP contribution in [0.1, 0.15) is 12.8 Å². The van der Waals surface area contributed by atoms with Crippen molar-refractivity contribution < 1.29 is 7.80 Å². The first-order chi connectivity index (χ1) is 5.86. The fourth-order valence-corrected chi connectivity index (χ4v) is 1.95. The lowest BCUT2D eigenvalue weighted by Gasteiger charge is -2.30. The van der Waals surface area contributed by atoms with E-state index in [0.29, 0.717) is 6.10 Å². The minimum Gasteiger partial charge on any atom is -0.383 e. The molecule has 12 heavy (non-hydrogen) atoms. The summed E-state index contributed by atoms with van der Waals surface area (Å²) in [7, 11) is 1.75. The molecular formula is C8H16INO2. The predicted octanol–water partition coefficient (Wildman–Crippen LogP) is 1.46. The molecule has 0 amide bonds. The van der Waals surface area contributed by atoms with E-state index in [2.05, 4.69) is 4.90 Å². The largest absolute Gasteiger partial charge is 0.383 e. The molecule has 0 aliphatic carbocycles. The van der Waals surface area contributed by atoms with E-state index in [9.17, 15) is 0 Å². The molecule has 0 unspecified atom stereocenters. The Hall–Kier alpha value is 0.610. The molecule has 0 radical (unpaired) electrons. The molecule has 0 spiro atoms. The van der Waals surface area contributed by atoms with E-state index in [-0.39, 0.29) is 0 Å². The lowest BCUT2D eigenvalue weighted by molar-refractivity contribution is 0.0991. The summed E-state index contributed by atoms with van der Waals surface area (Å²) in [5.74, 6) is 0. The SMILES string of the molecule is COCCN1CCC(OI)CC1. The number of piperidine rings is 1. The number of nitrogens with zero attached hydrogens (tertiary/aromatic N) is 1. The molecule has 1 rings (SSSR count). The first kappa shape index (κ1) is 10.7. The normalized spacial score (nSPS) is 21.5. The Bertz CT molecular complexity index is 116. The van der Waals surface area contributed by atoms with E-state index >= 15 is 0 Å². The van der Waals surface area contributed by atoms with Gasteiger partial charge in [0.1, 0.15) is 23.0 Å². The molecule has 0 aromatic heterocycles. The molecule has 0 aromatic carbocycles. The Morgan fingerprint density at radius 1 is 1.42 bits per heavy atom. The standard InChI is InChI=1S/C8H16INO2/c1-11-7-6-10-4-2-8(12-9)3-5-10/h8H,2-7H2,1H3. The average molecular weight is 285 g/mol. The Balaban J connectivity index is 2.09. The third-order valence-electron chi connectivity index (χ3n) is 2.27. The van der Waals surface area contributed by atoms with Crippen molar-refractivity contribution in [1.82, 2.24) is 4.90 Å². The van der Waals surface area contributed by atoms with Crippen LogP contribution >= 0.6 is 23.0 Å². The maximum Gasteiger partial charge on any atom is 0.110 e. The Labute approximate surface area is 88.1 Å². The van der Waals surface area contributed by atoms with E-state index in [1.54, 1.807) is 7.11 Å². The molecule has 3 nitrogen and oxygen atoms in total. The summed E-state index contributed by atoms with van der Waals surface area (Å²) in [5, 5.41) is 0. The monoisotopic (exact) mass is 285 g/mol. The Morgan fingerprint density at radius 3 is 2.58 bits per heavy atom. The van der Waals surface area contributed by atoms with Gasteiger partial charge in [0.05, 0.1) is 12.7 Å². The lowest BCUT2D eigenvalue weighted by Crippen LogP contribution is -2.37. The van der Waals surface area contributed by atoms with E-state index < -0.39 is 0 Å². The van der Waals surface area contributed by atoms with E-state index in [1.165, 1.54) is 0 Å². The highest BCUT2D eigenvalue weighted by atomic mass is 127. The number of likely N-dealkylation sites (tertiary alicyclic amines) is 1. The highest BCUT2D eigenvalue weighted by Gasteiger charge is 2.18. The van der Waals surface area contributed by atoms with Crippen molar-refractivity contribution in [2.45, 2.75) is 18.9 Å². The number of halogens is 1. The van der Waals surface area contributed by atoms with Gasteiger partial charge in [-0.05, 0) is 12.8 Å². The highest BCUT2D eigenvalue weighted by Crippen LogP contribution is 2.15. The maximum absolute atomic E-state index is 5.26. The van der Waals surface area contributed by atoms with Gasteiger partial charge in [0, 0.05) is 26.7 Å². The zero-order chi connectivity index (χ0) is 8.81. The quantitative estimate of drug-likeness (QED) is 0.730. The van der Waals surface area contributed by atoms with Crippen molar-refractivity contribution >= 4 is 23.0 Å². The second-order valence-corrected chi connectivity index (χ2v) is 3.63. The van der Waals surface area contributed by atoms with Crippen molar-refractivity contribution in [3.05, 3.63) is 0 Å². The number of ether oxygens (including phenoxy) is 1. The van der Waals surface area contributed by atoms with E-state index in [0.717, 1.165) is 39.1 Å². The maximum atomic E-state index is 5.26. The van der Waals surface area contributed by atoms with Crippen LogP contribution < -0.4 is 0 Å². The van der Waals surface area contributed by atoms with Gasteiger partial charge in [-0.2, -0.15) is 0 Å². The van der Waals surface area contributed by atoms with Crippen molar-refractivity contribution in [3.63, 3.8) is 0 Å². The second-order valence-electron chi connectivity index (χ2n) is 3.12. The van der Waals surface area contributed by atoms with Gasteiger partial charge in [-0.25, -0.2) is 0 Å². The molecule has 0 aromatic rings. The predicted molar refractivity (Wildman–Crippen MR) is 56.4 cm³/mol. The van der Waals surface area contributed by atoms with Crippen molar-refractivity contribution in [1.29, 1.82) is 0 Å². The molecule has 1 heterocycles. The van der Waals surface area contributed by atoms with Crippen LogP contribution in [0, 0.1) is 0 Å². The summed E-state index contributed by atoms with van der Waals surface area (Å²) in [5.41, 5.74) is 0. The van der Waals surface area contributed by atoms with Crippen LogP contribution in [0.5, 0.6) is 0 Å². The molecule has 1 aliphatic heterocycles. The minimum atomic E-state index is 0.476. The van der Waals surface area contributed by atoms with Gasteiger partial charge in [-0.15, -0.1) is 0 Å². The summed E-state index contributed by atoms with van der Waals surface area (Å²) in [6.45, 7) is 4.20. The molecule has 72 valence electrons. The summed E-state index contributed by atoms with van der Waals surface area (Å²) in [6.07, 6.45) is 2.80. The third kappa shape index (κ3) is 3.55. The van der Waals surface area contributed by atoms with Crippen LogP contribution in [0.2, 0.25) is 0 Å². The summed E-state index contributed by atoms with van der Waals surface area (Å²) >= 11 is 2.00. The fourth-order valence-electron chi connectivity index (χ4n) is 1.44. The molecular weight excluding hydrogens is 269 g/mol. The summed E-state index contributed by atoms with van der Waals surface area (Å²) in [4.78, 5) is 2.43. The molecule has 4 heteroatoms. The first-order valence-corrected chi connectivity index (χ1v) is 5.23. The molecule has 0 saturated carbocycles. The Kier molecular flexibility index (Phi) is 5.45. The number of hydrogen-bond donors (Lipinski definition) is 0. The molecule has 0 atom stereocenters. The number of methoxy groups -OCH3 is 1. The van der Waals surface area contributed by atoms with Crippen molar-refractivity contribution in [2.24, 2.45) is 0 Å². The summed E-state index contributed by atoms with van der Waals surface area (Å²) < 4.78 is 10.3. The topological polar surface area (TPSA) is 21.7 Å². The molecule has 1 fully saturated rings. The van der Waals surface area contributed by atoms with Gasteiger partial charge in [0.15, 0.2) is 0 Å². The lowest BCUT2D eigenvalue weighted by atomic mass is 10.1. The van der Waals surface area contributed by atoms with Crippen LogP contribution in [0.15, 0.2) is 0 Å². The zero-order valence-electron chi connectivity index (χ0n) is 7.46. The highest BCUT2D eigenvalue weighted by molar-refractivity contribution is 14.1. The molecule has 0 bridgehead atoms. The van der Waals surface area contributed by atoms with Crippen LogP contribution in [-0.2, 0) is 7.80 Å². The van der Waals surface area contributed by atoms with Gasteiger partial charge in [-0.3, -0.25) is 0 Å². The van der Waals surface area contributed by atoms with Gasteiger partial charge in [0.25, 0.3) is 0 Å². The third-order valence-corrected chi connectivity index (χ3v) is 2.99. The van der Waals surface area contributed by atoms with Crippen molar-refractivity contribution in [2.75, 3.05) is 33.4 Å². The average Bonchev–Trinajstić information content (AvgIpc) is 2.15. The van der Waals surface area contributed by atoms with Crippen molar-refractivity contribution in [3.8, 4) is 0 Å². The van der Waals surface area contributed by atoms with Gasteiger partial charge >= 0.3 is 0 Å². The smallest absolute Gasteiger partial charge is 0.110 e. The number of rotatable bonds is 4. The van der Waals surface area contributed by atoms with Crippen LogP contribution in [0.25, 0.3) is 0 Å². The van der Waals surface area contributed by atoms with Gasteiger partial charge < -0.3 is 12.7 Å². The second kappa shape index (κ2) is 6.12. The van der Waals surface area contributed by atoms with Crippen LogP contribution in [-0.4, -0.2) is 44.4 Å². The van der Waals surface area contributed by atoms with Gasteiger partial charge in [0.2, 0.25) is 0 Å². The summed E-state index contributed by atoms with van der Waals surface area (Å²) in [6, 6.07) is 0. The molecule has 1 saturated heterocycles. The number of hydrogen-bond acceptors (Lipinski definition) is 3. The first-order valence-electron chi connectivity index (χ1n) is 4.35. The fraction of sp³-hybridized carbons (Fsp3) is 1.00. The zero-order valence-corrected chi connectivity index (χ0v) is 9.62. The molecule has 1 aliphatic rings.